The molecule has 0 atom stereocenters. The average molecular weight is 397 g/mol. The van der Waals surface area contributed by atoms with Crippen LogP contribution >= 0.6 is 27.3 Å². The number of hydrogen-bond acceptors (Lipinski definition) is 3. The summed E-state index contributed by atoms with van der Waals surface area (Å²) in [4.78, 5) is 15.1. The highest BCUT2D eigenvalue weighted by molar-refractivity contribution is 9.11. The van der Waals surface area contributed by atoms with Gasteiger partial charge in [-0.2, -0.15) is 0 Å². The SMILES string of the molecule is CCOCc1ccccc1CNC(=O)N(C)Cc1ccc(Br)s1. The van der Waals surface area contributed by atoms with Gasteiger partial charge in [0.1, 0.15) is 0 Å². The third kappa shape index (κ3) is 5.64. The fraction of sp³-hybridized carbons (Fsp3) is 0.353. The molecular formula is C17H21BrN2O2S. The number of benzene rings is 1. The van der Waals surface area contributed by atoms with Crippen molar-refractivity contribution >= 4 is 33.3 Å². The Morgan fingerprint density at radius 2 is 2.00 bits per heavy atom. The molecule has 2 aromatic rings. The molecule has 2 amide bonds. The molecule has 124 valence electrons. The standard InChI is InChI=1S/C17H21BrN2O2S/c1-3-22-12-14-7-5-4-6-13(14)10-19-17(21)20(2)11-15-8-9-16(18)23-15/h4-9H,3,10-12H2,1-2H3,(H,19,21). The molecule has 6 heteroatoms. The Morgan fingerprint density at radius 3 is 2.65 bits per heavy atom. The number of rotatable bonds is 7. The first-order valence-electron chi connectivity index (χ1n) is 7.48. The van der Waals surface area contributed by atoms with Crippen LogP contribution < -0.4 is 5.32 Å². The minimum Gasteiger partial charge on any atom is -0.377 e. The summed E-state index contributed by atoms with van der Waals surface area (Å²) in [5.74, 6) is 0. The van der Waals surface area contributed by atoms with Gasteiger partial charge in [0.25, 0.3) is 0 Å². The van der Waals surface area contributed by atoms with E-state index in [1.165, 1.54) is 0 Å². The first-order chi connectivity index (χ1) is 11.1. The van der Waals surface area contributed by atoms with E-state index in [0.29, 0.717) is 26.3 Å². The summed E-state index contributed by atoms with van der Waals surface area (Å²) in [7, 11) is 1.80. The van der Waals surface area contributed by atoms with E-state index < -0.39 is 0 Å². The van der Waals surface area contributed by atoms with Crippen LogP contribution in [0.5, 0.6) is 0 Å². The lowest BCUT2D eigenvalue weighted by Crippen LogP contribution is -2.36. The number of urea groups is 1. The number of ether oxygens (including phenoxy) is 1. The zero-order valence-corrected chi connectivity index (χ0v) is 15.7. The van der Waals surface area contributed by atoms with Gasteiger partial charge in [-0.15, -0.1) is 11.3 Å². The van der Waals surface area contributed by atoms with Gasteiger partial charge < -0.3 is 15.0 Å². The van der Waals surface area contributed by atoms with E-state index in [1.54, 1.807) is 23.3 Å². The van der Waals surface area contributed by atoms with Crippen molar-refractivity contribution in [3.63, 3.8) is 0 Å². The third-order valence-electron chi connectivity index (χ3n) is 3.38. The number of carbonyl (C=O) groups is 1. The van der Waals surface area contributed by atoms with Gasteiger partial charge in [-0.1, -0.05) is 24.3 Å². The smallest absolute Gasteiger partial charge is 0.317 e. The molecule has 0 aliphatic rings. The Kier molecular flexibility index (Phi) is 7.08. The first kappa shape index (κ1) is 18.0. The topological polar surface area (TPSA) is 41.6 Å². The number of hydrogen-bond donors (Lipinski definition) is 1. The second-order valence-electron chi connectivity index (χ2n) is 5.13. The predicted molar refractivity (Wildman–Crippen MR) is 97.5 cm³/mol. The Balaban J connectivity index is 1.88. The second kappa shape index (κ2) is 9.05. The maximum Gasteiger partial charge on any atom is 0.317 e. The third-order valence-corrected chi connectivity index (χ3v) is 4.99. The quantitative estimate of drug-likeness (QED) is 0.753. The van der Waals surface area contributed by atoms with Crippen LogP contribution in [0.4, 0.5) is 4.79 Å². The lowest BCUT2D eigenvalue weighted by Gasteiger charge is -2.18. The molecular weight excluding hydrogens is 376 g/mol. The lowest BCUT2D eigenvalue weighted by molar-refractivity contribution is 0.133. The van der Waals surface area contributed by atoms with Crippen molar-refractivity contribution in [2.24, 2.45) is 0 Å². The average Bonchev–Trinajstić information content (AvgIpc) is 2.96. The van der Waals surface area contributed by atoms with Gasteiger partial charge in [-0.25, -0.2) is 4.79 Å². The van der Waals surface area contributed by atoms with Crippen molar-refractivity contribution in [2.75, 3.05) is 13.7 Å². The van der Waals surface area contributed by atoms with Crippen LogP contribution in [0, 0.1) is 0 Å². The zero-order valence-electron chi connectivity index (χ0n) is 13.3. The Hall–Kier alpha value is -1.37. The molecule has 0 bridgehead atoms. The van der Waals surface area contributed by atoms with Crippen LogP contribution in [-0.4, -0.2) is 24.6 Å². The van der Waals surface area contributed by atoms with E-state index in [1.807, 2.05) is 43.3 Å². The van der Waals surface area contributed by atoms with Crippen molar-refractivity contribution in [1.82, 2.24) is 10.2 Å². The molecule has 1 heterocycles. The maximum atomic E-state index is 12.2. The maximum absolute atomic E-state index is 12.2. The summed E-state index contributed by atoms with van der Waals surface area (Å²) in [5, 5.41) is 2.97. The molecule has 0 radical (unpaired) electrons. The number of nitrogens with one attached hydrogen (secondary N) is 1. The summed E-state index contributed by atoms with van der Waals surface area (Å²) in [6.07, 6.45) is 0. The Morgan fingerprint density at radius 1 is 1.26 bits per heavy atom. The van der Waals surface area contributed by atoms with Crippen LogP contribution in [0.25, 0.3) is 0 Å². The molecule has 0 aliphatic heterocycles. The molecule has 0 saturated carbocycles. The molecule has 1 N–H and O–H groups in total. The largest absolute Gasteiger partial charge is 0.377 e. The Bertz CT molecular complexity index is 645. The van der Waals surface area contributed by atoms with Crippen LogP contribution in [0.1, 0.15) is 22.9 Å². The van der Waals surface area contributed by atoms with E-state index in [0.717, 1.165) is 19.8 Å². The molecule has 0 saturated heterocycles. The number of nitrogens with zero attached hydrogens (tertiary/aromatic N) is 1. The highest BCUT2D eigenvalue weighted by Gasteiger charge is 2.11. The van der Waals surface area contributed by atoms with E-state index in [9.17, 15) is 4.79 Å². The van der Waals surface area contributed by atoms with Crippen molar-refractivity contribution in [3.05, 3.63) is 56.2 Å². The molecule has 0 spiro atoms. The van der Waals surface area contributed by atoms with Crippen molar-refractivity contribution < 1.29 is 9.53 Å². The van der Waals surface area contributed by atoms with E-state index in [-0.39, 0.29) is 6.03 Å². The molecule has 23 heavy (non-hydrogen) atoms. The normalized spacial score (nSPS) is 10.6. The van der Waals surface area contributed by atoms with Gasteiger partial charge in [-0.3, -0.25) is 0 Å². The van der Waals surface area contributed by atoms with Gasteiger partial charge in [-0.05, 0) is 46.1 Å². The number of halogens is 1. The van der Waals surface area contributed by atoms with Crippen LogP contribution in [-0.2, 0) is 24.4 Å². The first-order valence-corrected chi connectivity index (χ1v) is 9.08. The summed E-state index contributed by atoms with van der Waals surface area (Å²) in [6.45, 7) is 4.33. The number of thiophene rings is 1. The van der Waals surface area contributed by atoms with Gasteiger partial charge in [0, 0.05) is 25.1 Å². The summed E-state index contributed by atoms with van der Waals surface area (Å²) in [5.41, 5.74) is 2.20. The lowest BCUT2D eigenvalue weighted by atomic mass is 10.1. The second-order valence-corrected chi connectivity index (χ2v) is 7.67. The van der Waals surface area contributed by atoms with Gasteiger partial charge in [0.05, 0.1) is 16.9 Å². The summed E-state index contributed by atoms with van der Waals surface area (Å²) in [6, 6.07) is 12.0. The highest BCUT2D eigenvalue weighted by atomic mass is 79.9. The van der Waals surface area contributed by atoms with Crippen molar-refractivity contribution in [3.8, 4) is 0 Å². The monoisotopic (exact) mass is 396 g/mol. The number of amides is 2. The zero-order chi connectivity index (χ0) is 16.7. The minimum atomic E-state index is -0.0827. The van der Waals surface area contributed by atoms with Crippen molar-refractivity contribution in [2.45, 2.75) is 26.6 Å². The van der Waals surface area contributed by atoms with Gasteiger partial charge in [0.15, 0.2) is 0 Å². The summed E-state index contributed by atoms with van der Waals surface area (Å²) < 4.78 is 6.54. The van der Waals surface area contributed by atoms with Crippen LogP contribution in [0.15, 0.2) is 40.2 Å². The van der Waals surface area contributed by atoms with Crippen LogP contribution in [0.2, 0.25) is 0 Å². The molecule has 0 unspecified atom stereocenters. The van der Waals surface area contributed by atoms with Gasteiger partial charge in [0.2, 0.25) is 0 Å². The fourth-order valence-electron chi connectivity index (χ4n) is 2.13. The molecule has 0 fully saturated rings. The Labute approximate surface area is 149 Å². The molecule has 4 nitrogen and oxygen atoms in total. The predicted octanol–water partition coefficient (Wildman–Crippen LogP) is 4.39. The molecule has 1 aromatic carbocycles. The van der Waals surface area contributed by atoms with E-state index in [2.05, 4.69) is 21.2 Å². The minimum absolute atomic E-state index is 0.0827. The van der Waals surface area contributed by atoms with E-state index >= 15 is 0 Å². The summed E-state index contributed by atoms with van der Waals surface area (Å²) >= 11 is 5.07. The van der Waals surface area contributed by atoms with Gasteiger partial charge >= 0.3 is 6.03 Å². The van der Waals surface area contributed by atoms with Crippen LogP contribution in [0.3, 0.4) is 0 Å². The van der Waals surface area contributed by atoms with Crippen molar-refractivity contribution in [1.29, 1.82) is 0 Å². The molecule has 2 rings (SSSR count). The highest BCUT2D eigenvalue weighted by Crippen LogP contribution is 2.23. The fourth-order valence-corrected chi connectivity index (χ4v) is 3.67. The molecule has 0 aliphatic carbocycles. The number of carbonyl (C=O) groups excluding carboxylic acids is 1. The molecule has 1 aromatic heterocycles. The van der Waals surface area contributed by atoms with E-state index in [4.69, 9.17) is 4.74 Å².